The van der Waals surface area contributed by atoms with E-state index in [1.54, 1.807) is 7.11 Å². The summed E-state index contributed by atoms with van der Waals surface area (Å²) in [5.74, 6) is 0.738. The number of benzene rings is 18. The van der Waals surface area contributed by atoms with Crippen molar-refractivity contribution in [3.05, 3.63) is 400 Å². The topological polar surface area (TPSA) is 59.8 Å². The molecule has 7 heteroatoms. The van der Waals surface area contributed by atoms with Crippen molar-refractivity contribution in [3.63, 3.8) is 0 Å². The second-order valence-corrected chi connectivity index (χ2v) is 31.1. The molecule has 0 bridgehead atoms. The lowest BCUT2D eigenvalue weighted by Crippen LogP contribution is -2.22. The molecular formula is C111H70N4O3. The van der Waals surface area contributed by atoms with Crippen molar-refractivity contribution in [1.82, 2.24) is 9.55 Å². The summed E-state index contributed by atoms with van der Waals surface area (Å²) in [6.45, 7) is 0.604. The summed E-state index contributed by atoms with van der Waals surface area (Å²) in [6, 6.07) is 140. The van der Waals surface area contributed by atoms with Gasteiger partial charge in [-0.15, -0.1) is 0 Å². The Morgan fingerprint density at radius 3 is 1.68 bits per heavy atom. The zero-order valence-electron chi connectivity index (χ0n) is 64.2. The standard InChI is InChI=1S/C111H70N4O3/c1-116-81-34-20-33-79(63-81)114(108-85-36-12-11-28-74(85)60-95-83(40-21-44-93(95)108)70-24-5-2-6-25-70)80-64-97-89-56-55-86(73-53-51-72(52-54-73)82-35-13-14-37-87(82)91-42-22-43-92-88-38-15-18-46-99(88)115(109(91)92)78-31-9-4-10-32-78)110-106(89)104-96(61-77(62-101(104)117-110)69-49-47-68(48-50-69)75-30-23-59-112-66-75)90-57-58-100(111-107(90)105(97)102(65-80)118-111)113-67-76-29-19-41-84(71-26-7-3-8-27-71)103(76)94-39-16-17-45-98(94)113/h2-66H,67H2,1H3. The predicted octanol–water partition coefficient (Wildman–Crippen LogP) is 30.5. The van der Waals surface area contributed by atoms with Gasteiger partial charge in [0.25, 0.3) is 0 Å². The van der Waals surface area contributed by atoms with Crippen LogP contribution in [0.25, 0.3) is 203 Å². The van der Waals surface area contributed by atoms with E-state index in [2.05, 4.69) is 389 Å². The summed E-state index contributed by atoms with van der Waals surface area (Å²) in [5.41, 5.74) is 30.7. The van der Waals surface area contributed by atoms with E-state index in [0.29, 0.717) is 6.54 Å². The molecule has 1 aliphatic heterocycles. The average Bonchev–Trinajstić information content (AvgIpc) is 1.51. The number of anilines is 5. The summed E-state index contributed by atoms with van der Waals surface area (Å²) < 4.78 is 24.5. The number of hydrogen-bond donors (Lipinski definition) is 0. The lowest BCUT2D eigenvalue weighted by Gasteiger charge is -2.34. The van der Waals surface area contributed by atoms with Gasteiger partial charge in [0, 0.05) is 108 Å². The minimum atomic E-state index is 0.604. The third kappa shape index (κ3) is 10.4. The quantitative estimate of drug-likeness (QED) is 0.107. The molecule has 4 aromatic heterocycles. The number of pyridine rings is 1. The van der Waals surface area contributed by atoms with Gasteiger partial charge in [-0.3, -0.25) is 4.98 Å². The summed E-state index contributed by atoms with van der Waals surface area (Å²) in [6.07, 6.45) is 3.75. The number of aromatic nitrogens is 2. The highest BCUT2D eigenvalue weighted by Crippen LogP contribution is 2.56. The first kappa shape index (κ1) is 67.0. The summed E-state index contributed by atoms with van der Waals surface area (Å²) in [4.78, 5) is 9.44. The van der Waals surface area contributed by atoms with E-state index < -0.39 is 0 Å². The molecule has 23 aromatic rings. The number of ether oxygens (including phenoxy) is 1. The molecule has 0 saturated carbocycles. The van der Waals surface area contributed by atoms with Gasteiger partial charge in [0.1, 0.15) is 22.5 Å². The van der Waals surface area contributed by atoms with Crippen LogP contribution in [0.3, 0.4) is 0 Å². The molecule has 24 rings (SSSR count). The molecule has 1 aliphatic rings. The van der Waals surface area contributed by atoms with Gasteiger partial charge < -0.3 is 27.9 Å². The molecule has 0 saturated heterocycles. The number of fused-ring (bicyclic) bond motifs is 10. The van der Waals surface area contributed by atoms with Crippen molar-refractivity contribution in [2.24, 2.45) is 0 Å². The van der Waals surface area contributed by atoms with Crippen molar-refractivity contribution < 1.29 is 13.6 Å². The third-order valence-electron chi connectivity index (χ3n) is 24.7. The van der Waals surface area contributed by atoms with E-state index in [9.17, 15) is 0 Å². The van der Waals surface area contributed by atoms with E-state index in [4.69, 9.17) is 13.6 Å². The van der Waals surface area contributed by atoms with Gasteiger partial charge in [0.2, 0.25) is 0 Å². The number of nitrogens with zero attached hydrogens (tertiary/aromatic N) is 4. The number of rotatable bonds is 13. The largest absolute Gasteiger partial charge is 0.497 e. The van der Waals surface area contributed by atoms with E-state index in [-0.39, 0.29) is 0 Å². The molecule has 0 N–H and O–H groups in total. The highest BCUT2D eigenvalue weighted by Gasteiger charge is 2.33. The number of hydrogen-bond acceptors (Lipinski definition) is 6. The minimum Gasteiger partial charge on any atom is -0.497 e. The van der Waals surface area contributed by atoms with Gasteiger partial charge in [-0.1, -0.05) is 291 Å². The molecule has 0 atom stereocenters. The van der Waals surface area contributed by atoms with Gasteiger partial charge in [-0.25, -0.2) is 0 Å². The molecule has 552 valence electrons. The zero-order chi connectivity index (χ0) is 77.6. The van der Waals surface area contributed by atoms with Crippen LogP contribution in [-0.4, -0.2) is 16.7 Å². The number of para-hydroxylation sites is 4. The van der Waals surface area contributed by atoms with E-state index in [1.807, 2.05) is 24.5 Å². The van der Waals surface area contributed by atoms with E-state index >= 15 is 0 Å². The highest BCUT2D eigenvalue weighted by atomic mass is 16.5. The Balaban J connectivity index is 0.781. The maximum atomic E-state index is 8.06. The summed E-state index contributed by atoms with van der Waals surface area (Å²) >= 11 is 0. The lowest BCUT2D eigenvalue weighted by molar-refractivity contribution is 0.415. The molecule has 5 heterocycles. The normalized spacial score (nSPS) is 12.2. The molecule has 7 nitrogen and oxygen atoms in total. The van der Waals surface area contributed by atoms with Gasteiger partial charge in [0.05, 0.1) is 35.2 Å². The third-order valence-corrected chi connectivity index (χ3v) is 24.7. The molecular weight excluding hydrogens is 1440 g/mol. The smallest absolute Gasteiger partial charge is 0.159 e. The molecule has 0 aliphatic carbocycles. The van der Waals surface area contributed by atoms with Crippen LogP contribution in [0.1, 0.15) is 5.56 Å². The molecule has 0 spiro atoms. The van der Waals surface area contributed by atoms with Crippen LogP contribution in [0.15, 0.2) is 403 Å². The van der Waals surface area contributed by atoms with Crippen LogP contribution in [0.4, 0.5) is 28.4 Å². The minimum absolute atomic E-state index is 0.604. The fourth-order valence-corrected chi connectivity index (χ4v) is 19.5. The van der Waals surface area contributed by atoms with Crippen molar-refractivity contribution >= 4 is 137 Å². The first-order valence-electron chi connectivity index (χ1n) is 40.3. The Bertz CT molecular complexity index is 7990. The van der Waals surface area contributed by atoms with Gasteiger partial charge in [0.15, 0.2) is 5.58 Å². The fourth-order valence-electron chi connectivity index (χ4n) is 19.5. The molecule has 0 radical (unpaired) electrons. The summed E-state index contributed by atoms with van der Waals surface area (Å²) in [5, 5.41) is 15.1. The van der Waals surface area contributed by atoms with E-state index in [0.717, 1.165) is 188 Å². The van der Waals surface area contributed by atoms with E-state index in [1.165, 1.54) is 55.2 Å². The Hall–Kier alpha value is -15.6. The number of methoxy groups -OCH3 is 1. The average molecular weight is 1510 g/mol. The molecule has 0 unspecified atom stereocenters. The Morgan fingerprint density at radius 1 is 0.322 bits per heavy atom. The second-order valence-electron chi connectivity index (χ2n) is 31.1. The molecule has 0 amide bonds. The van der Waals surface area contributed by atoms with Crippen molar-refractivity contribution in [2.75, 3.05) is 16.9 Å². The van der Waals surface area contributed by atoms with Gasteiger partial charge in [-0.05, 0) is 189 Å². The fraction of sp³-hybridized carbons (Fsp3) is 0.0180. The van der Waals surface area contributed by atoms with Crippen molar-refractivity contribution in [1.29, 1.82) is 0 Å². The first-order valence-corrected chi connectivity index (χ1v) is 40.3. The Labute approximate surface area is 679 Å². The van der Waals surface area contributed by atoms with Crippen LogP contribution >= 0.6 is 0 Å². The molecule has 19 aromatic carbocycles. The first-order chi connectivity index (χ1) is 58.5. The second kappa shape index (κ2) is 26.8. The van der Waals surface area contributed by atoms with Crippen LogP contribution < -0.4 is 14.5 Å². The molecule has 0 fully saturated rings. The zero-order valence-corrected chi connectivity index (χ0v) is 64.2. The van der Waals surface area contributed by atoms with Crippen molar-refractivity contribution in [3.8, 4) is 100 Å². The monoisotopic (exact) mass is 1510 g/mol. The van der Waals surface area contributed by atoms with Crippen molar-refractivity contribution in [2.45, 2.75) is 6.54 Å². The predicted molar refractivity (Wildman–Crippen MR) is 491 cm³/mol. The Morgan fingerprint density at radius 2 is 0.898 bits per heavy atom. The van der Waals surface area contributed by atoms with Crippen LogP contribution in [0.2, 0.25) is 0 Å². The van der Waals surface area contributed by atoms with Crippen LogP contribution in [0.5, 0.6) is 5.75 Å². The number of furan rings is 2. The Kier molecular flexibility index (Phi) is 15.2. The van der Waals surface area contributed by atoms with Crippen LogP contribution in [0, 0.1) is 0 Å². The summed E-state index contributed by atoms with van der Waals surface area (Å²) in [7, 11) is 1.75. The highest BCUT2D eigenvalue weighted by molar-refractivity contribution is 6.39. The van der Waals surface area contributed by atoms with Crippen LogP contribution in [-0.2, 0) is 6.54 Å². The van der Waals surface area contributed by atoms with Gasteiger partial charge in [-0.2, -0.15) is 0 Å². The lowest BCUT2D eigenvalue weighted by atomic mass is 9.86. The van der Waals surface area contributed by atoms with Gasteiger partial charge >= 0.3 is 0 Å². The maximum Gasteiger partial charge on any atom is 0.159 e. The maximum absolute atomic E-state index is 8.06. The SMILES string of the molecule is COc1cccc(N(c2cc3oc4c(N5Cc6cccc(-c7ccccc7)c6-c6ccccc65)ccc5c6cc(-c7ccc(-c8cccnc8)cc7)cc7oc8c(-c9ccc(-c%10ccccc%10-c%10cccc%11c%12ccccc%12n(-c%12ccccc%12)c%10%11)cc9)ccc(c(c2)c3c45)c8c76)c2c3ccccc3cc3c(-c4ccccc4)cccc23)c1. The molecule has 118 heavy (non-hydrogen) atoms.